The third-order valence-corrected chi connectivity index (χ3v) is 9.30. The van der Waals surface area contributed by atoms with E-state index in [-0.39, 0.29) is 27.1 Å². The normalized spacial score (nSPS) is 15.6. The number of fused-ring (bicyclic) bond motifs is 1. The lowest BCUT2D eigenvalue weighted by Crippen LogP contribution is -2.27. The van der Waals surface area contributed by atoms with Gasteiger partial charge in [-0.2, -0.15) is 5.26 Å². The lowest BCUT2D eigenvalue weighted by molar-refractivity contribution is -0.113. The number of benzene rings is 1. The maximum absolute atomic E-state index is 12.5. The van der Waals surface area contributed by atoms with Gasteiger partial charge in [0.15, 0.2) is 5.13 Å². The van der Waals surface area contributed by atoms with Crippen LogP contribution < -0.4 is 10.0 Å². The molecule has 188 valence electrons. The Morgan fingerprint density at radius 2 is 2.03 bits per heavy atom. The standard InChI is InChI=1S/C25H27N5O3S3/c1-25(2,3)18-4-9-21-16(13-18)12-17(14-26)23(29-21)35-15-22(31)28-19-5-7-20(8-6-19)36(32,33)30-24-27-10-11-34-24/h5-8,10-12,18H,4,9,13,15H2,1-3H3,(H,27,30)(H,28,31). The van der Waals surface area contributed by atoms with Crippen molar-refractivity contribution in [1.82, 2.24) is 9.97 Å². The van der Waals surface area contributed by atoms with Gasteiger partial charge in [-0.1, -0.05) is 32.5 Å². The summed E-state index contributed by atoms with van der Waals surface area (Å²) in [6.07, 6.45) is 4.36. The maximum Gasteiger partial charge on any atom is 0.263 e. The molecule has 1 unspecified atom stereocenters. The van der Waals surface area contributed by atoms with E-state index in [2.05, 4.69) is 41.9 Å². The summed E-state index contributed by atoms with van der Waals surface area (Å²) in [7, 11) is -3.76. The van der Waals surface area contributed by atoms with Crippen LogP contribution in [0.2, 0.25) is 0 Å². The Labute approximate surface area is 219 Å². The van der Waals surface area contributed by atoms with Gasteiger partial charge in [0, 0.05) is 23.0 Å². The topological polar surface area (TPSA) is 125 Å². The molecular formula is C25H27N5O3S3. The Bertz CT molecular complexity index is 1390. The van der Waals surface area contributed by atoms with Crippen LogP contribution in [0.1, 0.15) is 44.0 Å². The van der Waals surface area contributed by atoms with Crippen LogP contribution in [0.25, 0.3) is 0 Å². The van der Waals surface area contributed by atoms with E-state index in [4.69, 9.17) is 4.98 Å². The number of rotatable bonds is 7. The summed E-state index contributed by atoms with van der Waals surface area (Å²) in [5.41, 5.74) is 3.31. The number of pyridine rings is 1. The number of hydrogen-bond donors (Lipinski definition) is 2. The van der Waals surface area contributed by atoms with E-state index in [1.54, 1.807) is 5.38 Å². The van der Waals surface area contributed by atoms with Gasteiger partial charge < -0.3 is 5.32 Å². The molecule has 36 heavy (non-hydrogen) atoms. The molecule has 2 heterocycles. The number of thioether (sulfide) groups is 1. The number of amides is 1. The first kappa shape index (κ1) is 26.1. The number of nitrogens with zero attached hydrogens (tertiary/aromatic N) is 3. The first-order valence-electron chi connectivity index (χ1n) is 11.4. The van der Waals surface area contributed by atoms with Gasteiger partial charge >= 0.3 is 0 Å². The van der Waals surface area contributed by atoms with E-state index in [1.807, 2.05) is 6.07 Å². The van der Waals surface area contributed by atoms with Crippen molar-refractivity contribution in [1.29, 1.82) is 5.26 Å². The van der Waals surface area contributed by atoms with Gasteiger partial charge in [-0.25, -0.2) is 18.4 Å². The quantitative estimate of drug-likeness (QED) is 0.399. The first-order chi connectivity index (χ1) is 17.0. The van der Waals surface area contributed by atoms with Crippen molar-refractivity contribution in [2.45, 2.75) is 50.0 Å². The molecule has 1 aliphatic carbocycles. The molecule has 0 saturated heterocycles. The fraction of sp³-hybridized carbons (Fsp3) is 0.360. The number of thiazole rings is 1. The van der Waals surface area contributed by atoms with Gasteiger partial charge in [-0.3, -0.25) is 9.52 Å². The smallest absolute Gasteiger partial charge is 0.263 e. The summed E-state index contributed by atoms with van der Waals surface area (Å²) in [4.78, 5) is 21.3. The number of aryl methyl sites for hydroxylation is 1. The molecule has 0 radical (unpaired) electrons. The SMILES string of the molecule is CC(C)(C)C1CCc2nc(SCC(=O)Nc3ccc(S(=O)(=O)Nc4nccs4)cc3)c(C#N)cc2C1. The molecule has 8 nitrogen and oxygen atoms in total. The van der Waals surface area contributed by atoms with Crippen LogP contribution >= 0.6 is 23.1 Å². The van der Waals surface area contributed by atoms with E-state index >= 15 is 0 Å². The molecule has 1 aliphatic rings. The van der Waals surface area contributed by atoms with Crippen LogP contribution in [-0.2, 0) is 27.7 Å². The third kappa shape index (κ3) is 6.24. The molecule has 0 aliphatic heterocycles. The van der Waals surface area contributed by atoms with Crippen LogP contribution in [0.3, 0.4) is 0 Å². The minimum absolute atomic E-state index is 0.0655. The van der Waals surface area contributed by atoms with Crippen LogP contribution in [-0.4, -0.2) is 30.0 Å². The lowest BCUT2D eigenvalue weighted by Gasteiger charge is -2.34. The average molecular weight is 542 g/mol. The van der Waals surface area contributed by atoms with Crippen LogP contribution in [0, 0.1) is 22.7 Å². The summed E-state index contributed by atoms with van der Waals surface area (Å²) >= 11 is 2.41. The fourth-order valence-electron chi connectivity index (χ4n) is 4.07. The van der Waals surface area contributed by atoms with Gasteiger partial charge in [0.05, 0.1) is 16.2 Å². The molecule has 1 atom stereocenters. The number of aromatic nitrogens is 2. The van der Waals surface area contributed by atoms with Crippen molar-refractivity contribution in [3.05, 3.63) is 58.7 Å². The molecule has 3 aromatic rings. The molecule has 0 bridgehead atoms. The molecule has 11 heteroatoms. The summed E-state index contributed by atoms with van der Waals surface area (Å²) in [5.74, 6) is 0.358. The highest BCUT2D eigenvalue weighted by Crippen LogP contribution is 2.38. The highest BCUT2D eigenvalue weighted by Gasteiger charge is 2.30. The Balaban J connectivity index is 1.37. The predicted octanol–water partition coefficient (Wildman–Crippen LogP) is 5.09. The largest absolute Gasteiger partial charge is 0.325 e. The van der Waals surface area contributed by atoms with Crippen molar-refractivity contribution in [2.75, 3.05) is 15.8 Å². The minimum atomic E-state index is -3.76. The number of sulfonamides is 1. The third-order valence-electron chi connectivity index (χ3n) is 6.14. The second kappa shape index (κ2) is 10.6. The van der Waals surface area contributed by atoms with Crippen molar-refractivity contribution in [3.8, 4) is 6.07 Å². The average Bonchev–Trinajstić information content (AvgIpc) is 3.34. The van der Waals surface area contributed by atoms with Gasteiger partial charge in [-0.05, 0) is 66.5 Å². The monoisotopic (exact) mass is 541 g/mol. The summed E-state index contributed by atoms with van der Waals surface area (Å²) in [6, 6.07) is 10.1. The van der Waals surface area contributed by atoms with E-state index in [1.165, 1.54) is 53.6 Å². The fourth-order valence-corrected chi connectivity index (χ4v) is 6.63. The van der Waals surface area contributed by atoms with Crippen molar-refractivity contribution in [2.24, 2.45) is 11.3 Å². The second-order valence-corrected chi connectivity index (χ2v) is 13.2. The highest BCUT2D eigenvalue weighted by atomic mass is 32.2. The Morgan fingerprint density at radius 1 is 1.28 bits per heavy atom. The van der Waals surface area contributed by atoms with Crippen molar-refractivity contribution in [3.63, 3.8) is 0 Å². The minimum Gasteiger partial charge on any atom is -0.325 e. The van der Waals surface area contributed by atoms with Gasteiger partial charge in [-0.15, -0.1) is 11.3 Å². The Morgan fingerprint density at radius 3 is 2.67 bits per heavy atom. The molecule has 1 amide bonds. The van der Waals surface area contributed by atoms with Gasteiger partial charge in [0.1, 0.15) is 11.1 Å². The van der Waals surface area contributed by atoms with Gasteiger partial charge in [0.2, 0.25) is 5.91 Å². The van der Waals surface area contributed by atoms with Crippen LogP contribution in [0.5, 0.6) is 0 Å². The van der Waals surface area contributed by atoms with Crippen LogP contribution in [0.4, 0.5) is 10.8 Å². The lowest BCUT2D eigenvalue weighted by atomic mass is 9.71. The predicted molar refractivity (Wildman–Crippen MR) is 143 cm³/mol. The maximum atomic E-state index is 12.5. The Kier molecular flexibility index (Phi) is 7.68. The summed E-state index contributed by atoms with van der Waals surface area (Å²) in [6.45, 7) is 6.74. The zero-order valence-electron chi connectivity index (χ0n) is 20.2. The van der Waals surface area contributed by atoms with E-state index in [9.17, 15) is 18.5 Å². The van der Waals surface area contributed by atoms with Crippen molar-refractivity contribution < 1.29 is 13.2 Å². The summed E-state index contributed by atoms with van der Waals surface area (Å²) in [5, 5.41) is 14.9. The van der Waals surface area contributed by atoms with Crippen molar-refractivity contribution >= 4 is 49.8 Å². The van der Waals surface area contributed by atoms with E-state index < -0.39 is 10.0 Å². The van der Waals surface area contributed by atoms with Gasteiger partial charge in [0.25, 0.3) is 10.0 Å². The second-order valence-electron chi connectivity index (χ2n) is 9.67. The number of carbonyl (C=O) groups excluding carboxylic acids is 1. The summed E-state index contributed by atoms with van der Waals surface area (Å²) < 4.78 is 27.3. The number of hydrogen-bond acceptors (Lipinski definition) is 8. The number of anilines is 2. The molecule has 0 saturated carbocycles. The number of carbonyl (C=O) groups is 1. The molecule has 0 fully saturated rings. The molecule has 2 N–H and O–H groups in total. The van der Waals surface area contributed by atoms with E-state index in [0.29, 0.717) is 22.2 Å². The Hall–Kier alpha value is -2.94. The zero-order valence-corrected chi connectivity index (χ0v) is 22.7. The molecule has 2 aromatic heterocycles. The molecular weight excluding hydrogens is 515 g/mol. The number of nitriles is 1. The zero-order chi connectivity index (χ0) is 25.9. The highest BCUT2D eigenvalue weighted by molar-refractivity contribution is 8.00. The first-order valence-corrected chi connectivity index (χ1v) is 14.8. The van der Waals surface area contributed by atoms with E-state index in [0.717, 1.165) is 30.5 Å². The molecule has 4 rings (SSSR count). The number of nitrogens with one attached hydrogen (secondary N) is 2. The van der Waals surface area contributed by atoms with Crippen LogP contribution in [0.15, 0.2) is 51.8 Å². The molecule has 0 spiro atoms. The molecule has 1 aromatic carbocycles.